The van der Waals surface area contributed by atoms with Crippen molar-refractivity contribution in [2.45, 2.75) is 43.1 Å². The van der Waals surface area contributed by atoms with E-state index in [0.29, 0.717) is 0 Å². The topological polar surface area (TPSA) is 35.5 Å². The average molecular weight is 367 g/mol. The molecule has 1 saturated heterocycles. The van der Waals surface area contributed by atoms with Crippen LogP contribution in [0.5, 0.6) is 5.75 Å². The molecule has 132 valence electrons. The number of benzene rings is 1. The SMILES string of the molecule is COC(=O)C1(c2cc(C)ccc2OC)CCC2(SCCS2)C1(C)C. The van der Waals surface area contributed by atoms with Gasteiger partial charge in [-0.1, -0.05) is 31.5 Å². The summed E-state index contributed by atoms with van der Waals surface area (Å²) in [6, 6.07) is 6.12. The summed E-state index contributed by atoms with van der Waals surface area (Å²) in [5, 5.41) is 0. The van der Waals surface area contributed by atoms with E-state index in [1.807, 2.05) is 35.7 Å². The highest BCUT2D eigenvalue weighted by atomic mass is 32.2. The van der Waals surface area contributed by atoms with Gasteiger partial charge in [0.15, 0.2) is 0 Å². The van der Waals surface area contributed by atoms with Crippen LogP contribution >= 0.6 is 23.5 Å². The van der Waals surface area contributed by atoms with E-state index >= 15 is 0 Å². The maximum atomic E-state index is 13.2. The predicted molar refractivity (Wildman–Crippen MR) is 102 cm³/mol. The molecule has 2 fully saturated rings. The normalized spacial score (nSPS) is 27.4. The Balaban J connectivity index is 2.25. The number of aryl methyl sites for hydroxylation is 1. The number of ether oxygens (including phenoxy) is 2. The van der Waals surface area contributed by atoms with E-state index < -0.39 is 5.41 Å². The first-order valence-corrected chi connectivity index (χ1v) is 10.3. The summed E-state index contributed by atoms with van der Waals surface area (Å²) in [5.41, 5.74) is 1.20. The molecular weight excluding hydrogens is 340 g/mol. The van der Waals surface area contributed by atoms with Crippen molar-refractivity contribution in [1.29, 1.82) is 0 Å². The minimum absolute atomic E-state index is 0.0654. The number of carbonyl (C=O) groups excluding carboxylic acids is 1. The quantitative estimate of drug-likeness (QED) is 0.741. The summed E-state index contributed by atoms with van der Waals surface area (Å²) < 4.78 is 11.1. The Hall–Kier alpha value is -0.810. The van der Waals surface area contributed by atoms with Crippen molar-refractivity contribution in [1.82, 2.24) is 0 Å². The third-order valence-electron chi connectivity index (χ3n) is 5.95. The number of rotatable bonds is 3. The van der Waals surface area contributed by atoms with Gasteiger partial charge in [0.05, 0.1) is 18.3 Å². The molecule has 1 atom stereocenters. The summed E-state index contributed by atoms with van der Waals surface area (Å²) in [6.07, 6.45) is 1.81. The van der Waals surface area contributed by atoms with Gasteiger partial charge in [0, 0.05) is 22.5 Å². The number of esters is 1. The van der Waals surface area contributed by atoms with Crippen molar-refractivity contribution in [3.05, 3.63) is 29.3 Å². The van der Waals surface area contributed by atoms with Crippen molar-refractivity contribution in [2.24, 2.45) is 5.41 Å². The molecule has 0 bridgehead atoms. The van der Waals surface area contributed by atoms with E-state index in [4.69, 9.17) is 9.47 Å². The van der Waals surface area contributed by atoms with Gasteiger partial charge in [-0.15, -0.1) is 23.5 Å². The zero-order valence-electron chi connectivity index (χ0n) is 15.1. The highest BCUT2D eigenvalue weighted by Crippen LogP contribution is 2.71. The van der Waals surface area contributed by atoms with Gasteiger partial charge in [0.25, 0.3) is 0 Å². The van der Waals surface area contributed by atoms with Crippen LogP contribution < -0.4 is 4.74 Å². The summed E-state index contributed by atoms with van der Waals surface area (Å²) in [5.74, 6) is 2.94. The fourth-order valence-corrected chi connectivity index (χ4v) is 8.25. The van der Waals surface area contributed by atoms with Crippen LogP contribution in [0.25, 0.3) is 0 Å². The fraction of sp³-hybridized carbons (Fsp3) is 0.632. The van der Waals surface area contributed by atoms with Crippen LogP contribution in [0.15, 0.2) is 18.2 Å². The second kappa shape index (κ2) is 6.17. The highest BCUT2D eigenvalue weighted by molar-refractivity contribution is 8.21. The Kier molecular flexibility index (Phi) is 4.63. The largest absolute Gasteiger partial charge is 0.496 e. The van der Waals surface area contributed by atoms with Crippen molar-refractivity contribution in [3.63, 3.8) is 0 Å². The third-order valence-corrected chi connectivity index (χ3v) is 10.1. The van der Waals surface area contributed by atoms with Crippen LogP contribution in [0.4, 0.5) is 0 Å². The van der Waals surface area contributed by atoms with Crippen LogP contribution in [0.2, 0.25) is 0 Å². The molecule has 24 heavy (non-hydrogen) atoms. The van der Waals surface area contributed by atoms with Gasteiger partial charge in [-0.25, -0.2) is 0 Å². The van der Waals surface area contributed by atoms with E-state index in [9.17, 15) is 4.79 Å². The Morgan fingerprint density at radius 1 is 1.12 bits per heavy atom. The van der Waals surface area contributed by atoms with E-state index in [1.54, 1.807) is 7.11 Å². The van der Waals surface area contributed by atoms with Gasteiger partial charge < -0.3 is 9.47 Å². The minimum atomic E-state index is -0.677. The highest BCUT2D eigenvalue weighted by Gasteiger charge is 2.69. The first-order chi connectivity index (χ1) is 11.3. The number of hydrogen-bond donors (Lipinski definition) is 0. The van der Waals surface area contributed by atoms with E-state index in [1.165, 1.54) is 7.11 Å². The van der Waals surface area contributed by atoms with Crippen LogP contribution in [0, 0.1) is 12.3 Å². The molecule has 1 saturated carbocycles. The van der Waals surface area contributed by atoms with Crippen molar-refractivity contribution >= 4 is 29.5 Å². The Bertz CT molecular complexity index is 650. The summed E-state index contributed by atoms with van der Waals surface area (Å²) in [4.78, 5) is 13.2. The minimum Gasteiger partial charge on any atom is -0.496 e. The zero-order chi connectivity index (χ0) is 17.6. The Morgan fingerprint density at radius 3 is 2.38 bits per heavy atom. The van der Waals surface area contributed by atoms with Crippen molar-refractivity contribution < 1.29 is 14.3 Å². The first kappa shape index (κ1) is 18.0. The molecule has 3 rings (SSSR count). The standard InChI is InChI=1S/C19H26O3S2/c1-13-6-7-15(21-4)14(12-13)18(16(20)22-5)8-9-19(17(18,2)3)23-10-11-24-19/h6-7,12H,8-11H2,1-5H3. The molecule has 0 amide bonds. The van der Waals surface area contributed by atoms with Gasteiger partial charge in [0.2, 0.25) is 0 Å². The molecule has 0 N–H and O–H groups in total. The number of hydrogen-bond acceptors (Lipinski definition) is 5. The lowest BCUT2D eigenvalue weighted by Gasteiger charge is -2.46. The van der Waals surface area contributed by atoms with Crippen molar-refractivity contribution in [3.8, 4) is 5.75 Å². The summed E-state index contributed by atoms with van der Waals surface area (Å²) in [6.45, 7) is 6.54. The zero-order valence-corrected chi connectivity index (χ0v) is 16.7. The van der Waals surface area contributed by atoms with Gasteiger partial charge in [-0.05, 0) is 25.8 Å². The molecule has 1 aliphatic heterocycles. The smallest absolute Gasteiger partial charge is 0.317 e. The number of thioether (sulfide) groups is 2. The summed E-state index contributed by atoms with van der Waals surface area (Å²) in [7, 11) is 3.18. The fourth-order valence-electron chi connectivity index (χ4n) is 4.53. The second-order valence-corrected chi connectivity index (χ2v) is 10.2. The van der Waals surface area contributed by atoms with Crippen LogP contribution in [0.3, 0.4) is 0 Å². The summed E-state index contributed by atoms with van der Waals surface area (Å²) >= 11 is 4.03. The first-order valence-electron chi connectivity index (χ1n) is 8.36. The lowest BCUT2D eigenvalue weighted by Crippen LogP contribution is -2.51. The molecule has 1 aliphatic carbocycles. The second-order valence-electron chi connectivity index (χ2n) is 7.18. The maximum Gasteiger partial charge on any atom is 0.317 e. The van der Waals surface area contributed by atoms with E-state index in [-0.39, 0.29) is 15.5 Å². The molecule has 0 aromatic heterocycles. The molecule has 5 heteroatoms. The van der Waals surface area contributed by atoms with Crippen LogP contribution in [0.1, 0.15) is 37.8 Å². The van der Waals surface area contributed by atoms with E-state index in [2.05, 4.69) is 26.8 Å². The molecule has 1 aromatic carbocycles. The van der Waals surface area contributed by atoms with Gasteiger partial charge in [0.1, 0.15) is 11.2 Å². The molecule has 1 heterocycles. The molecule has 0 radical (unpaired) electrons. The van der Waals surface area contributed by atoms with Gasteiger partial charge in [-0.3, -0.25) is 4.79 Å². The Labute approximate surface area is 153 Å². The monoisotopic (exact) mass is 366 g/mol. The molecule has 1 spiro atoms. The van der Waals surface area contributed by atoms with Crippen molar-refractivity contribution in [2.75, 3.05) is 25.7 Å². The van der Waals surface area contributed by atoms with Crippen LogP contribution in [-0.2, 0) is 14.9 Å². The number of methoxy groups -OCH3 is 2. The molecule has 1 aromatic rings. The molecular formula is C19H26O3S2. The average Bonchev–Trinajstić information content (AvgIpc) is 3.13. The maximum absolute atomic E-state index is 13.2. The van der Waals surface area contributed by atoms with E-state index in [0.717, 1.165) is 41.2 Å². The molecule has 2 aliphatic rings. The van der Waals surface area contributed by atoms with Gasteiger partial charge >= 0.3 is 5.97 Å². The lowest BCUT2D eigenvalue weighted by molar-refractivity contribution is -0.151. The third kappa shape index (κ3) is 2.23. The van der Waals surface area contributed by atoms with Crippen LogP contribution in [-0.4, -0.2) is 35.8 Å². The lowest BCUT2D eigenvalue weighted by atomic mass is 9.63. The van der Waals surface area contributed by atoms with Gasteiger partial charge in [-0.2, -0.15) is 0 Å². The number of carbonyl (C=O) groups is 1. The predicted octanol–water partition coefficient (Wildman–Crippen LogP) is 4.41. The Morgan fingerprint density at radius 2 is 1.79 bits per heavy atom. The molecule has 1 unspecified atom stereocenters. The molecule has 3 nitrogen and oxygen atoms in total.